The number of fused-ring (bicyclic) bond motifs is 1. The van der Waals surface area contributed by atoms with E-state index in [1.54, 1.807) is 12.1 Å². The molecule has 5 aromatic rings. The Labute approximate surface area is 273 Å². The third kappa shape index (κ3) is 7.61. The number of ether oxygens (including phenoxy) is 6. The van der Waals surface area contributed by atoms with E-state index in [-0.39, 0.29) is 49.4 Å². The van der Waals surface area contributed by atoms with Crippen molar-refractivity contribution in [2.45, 2.75) is 38.1 Å². The standard InChI is InChI=1S/C38H36O9/c1-42-24-46-29-19-30(39)34-31(20-29)47-37(36(41)35(34)40)28-17-32(43-21-25-11-5-2-6-12-25)38(45-23-27-15-9-4-10-16-27)33(18-28)44-22-26-13-7-3-8-14-26/h2-20,35-37,39-41H,21-24H2,1H3. The Kier molecular flexibility index (Phi) is 10.1. The molecule has 0 fully saturated rings. The van der Waals surface area contributed by atoms with Crippen LogP contribution in [0.1, 0.15) is 40.0 Å². The topological polar surface area (TPSA) is 116 Å². The fourth-order valence-electron chi connectivity index (χ4n) is 5.32. The normalized spacial score (nSPS) is 16.9. The summed E-state index contributed by atoms with van der Waals surface area (Å²) in [6.45, 7) is 0.665. The molecule has 1 aliphatic rings. The molecule has 0 saturated carbocycles. The van der Waals surface area contributed by atoms with Crippen LogP contribution in [0.4, 0.5) is 0 Å². The molecule has 5 aromatic carbocycles. The number of hydrogen-bond acceptors (Lipinski definition) is 9. The van der Waals surface area contributed by atoms with Crippen LogP contribution < -0.4 is 23.7 Å². The predicted octanol–water partition coefficient (Wildman–Crippen LogP) is 6.64. The zero-order chi connectivity index (χ0) is 32.6. The van der Waals surface area contributed by atoms with E-state index in [1.165, 1.54) is 19.2 Å². The van der Waals surface area contributed by atoms with E-state index in [0.717, 1.165) is 16.7 Å². The van der Waals surface area contributed by atoms with E-state index in [4.69, 9.17) is 28.4 Å². The van der Waals surface area contributed by atoms with Gasteiger partial charge in [-0.2, -0.15) is 0 Å². The number of phenolic OH excluding ortho intramolecular Hbond substituents is 1. The van der Waals surface area contributed by atoms with Gasteiger partial charge in [0.15, 0.2) is 24.4 Å². The summed E-state index contributed by atoms with van der Waals surface area (Å²) < 4.78 is 35.9. The van der Waals surface area contributed by atoms with Crippen molar-refractivity contribution in [3.05, 3.63) is 143 Å². The van der Waals surface area contributed by atoms with Gasteiger partial charge in [-0.1, -0.05) is 91.0 Å². The van der Waals surface area contributed by atoms with Crippen LogP contribution in [0.5, 0.6) is 34.5 Å². The fourth-order valence-corrected chi connectivity index (χ4v) is 5.32. The number of aliphatic hydroxyl groups excluding tert-OH is 2. The molecule has 0 radical (unpaired) electrons. The lowest BCUT2D eigenvalue weighted by atomic mass is 9.91. The molecule has 0 saturated heterocycles. The summed E-state index contributed by atoms with van der Waals surface area (Å²) >= 11 is 0. The Morgan fingerprint density at radius 2 is 1.15 bits per heavy atom. The number of rotatable bonds is 13. The van der Waals surface area contributed by atoms with Gasteiger partial charge in [0.25, 0.3) is 0 Å². The second kappa shape index (κ2) is 14.9. The van der Waals surface area contributed by atoms with Crippen LogP contribution in [0.25, 0.3) is 0 Å². The molecule has 0 bridgehead atoms. The van der Waals surface area contributed by atoms with Crippen molar-refractivity contribution in [1.82, 2.24) is 0 Å². The summed E-state index contributed by atoms with van der Waals surface area (Å²) in [5.74, 6) is 1.25. The lowest BCUT2D eigenvalue weighted by Crippen LogP contribution is -2.34. The maximum atomic E-state index is 11.3. The molecule has 1 aliphatic heterocycles. The van der Waals surface area contributed by atoms with E-state index < -0.39 is 18.3 Å². The highest BCUT2D eigenvalue weighted by atomic mass is 16.7. The highest BCUT2D eigenvalue weighted by molar-refractivity contribution is 5.57. The summed E-state index contributed by atoms with van der Waals surface area (Å²) in [4.78, 5) is 0. The Morgan fingerprint density at radius 3 is 1.66 bits per heavy atom. The molecule has 47 heavy (non-hydrogen) atoms. The zero-order valence-corrected chi connectivity index (χ0v) is 25.8. The van der Waals surface area contributed by atoms with E-state index in [2.05, 4.69) is 0 Å². The van der Waals surface area contributed by atoms with Gasteiger partial charge in [0.2, 0.25) is 5.75 Å². The monoisotopic (exact) mass is 636 g/mol. The molecule has 6 rings (SSSR count). The van der Waals surface area contributed by atoms with Gasteiger partial charge in [0.05, 0.1) is 5.56 Å². The molecule has 3 N–H and O–H groups in total. The summed E-state index contributed by atoms with van der Waals surface area (Å²) in [5, 5.41) is 33.2. The van der Waals surface area contributed by atoms with Crippen LogP contribution in [0, 0.1) is 0 Å². The number of benzene rings is 5. The molecule has 0 aromatic heterocycles. The van der Waals surface area contributed by atoms with Gasteiger partial charge in [-0.3, -0.25) is 0 Å². The summed E-state index contributed by atoms with van der Waals surface area (Å²) in [5.41, 5.74) is 3.36. The minimum Gasteiger partial charge on any atom is -0.507 e. The first kappa shape index (κ1) is 31.7. The molecule has 0 aliphatic carbocycles. The first-order valence-corrected chi connectivity index (χ1v) is 15.2. The molecule has 0 spiro atoms. The number of phenols is 1. The highest BCUT2D eigenvalue weighted by Crippen LogP contribution is 2.49. The van der Waals surface area contributed by atoms with Crippen LogP contribution >= 0.6 is 0 Å². The van der Waals surface area contributed by atoms with E-state index in [9.17, 15) is 15.3 Å². The third-order valence-electron chi connectivity index (χ3n) is 7.69. The summed E-state index contributed by atoms with van der Waals surface area (Å²) in [6, 6.07) is 35.5. The first-order valence-electron chi connectivity index (χ1n) is 15.2. The van der Waals surface area contributed by atoms with Gasteiger partial charge < -0.3 is 43.7 Å². The van der Waals surface area contributed by atoms with Crippen LogP contribution in [0.3, 0.4) is 0 Å². The van der Waals surface area contributed by atoms with Crippen molar-refractivity contribution in [3.8, 4) is 34.5 Å². The van der Waals surface area contributed by atoms with E-state index >= 15 is 0 Å². The highest BCUT2D eigenvalue weighted by Gasteiger charge is 2.40. The van der Waals surface area contributed by atoms with E-state index in [0.29, 0.717) is 22.8 Å². The number of aromatic hydroxyl groups is 1. The number of aliphatic hydroxyl groups is 2. The maximum Gasteiger partial charge on any atom is 0.203 e. The van der Waals surface area contributed by atoms with Gasteiger partial charge in [-0.15, -0.1) is 0 Å². The lowest BCUT2D eigenvalue weighted by molar-refractivity contribution is -0.0713. The molecular weight excluding hydrogens is 600 g/mol. The Bertz CT molecular complexity index is 1680. The first-order chi connectivity index (χ1) is 23.0. The Hall–Kier alpha value is -5.22. The Balaban J connectivity index is 1.40. The van der Waals surface area contributed by atoms with Crippen LogP contribution in [-0.4, -0.2) is 35.3 Å². The van der Waals surface area contributed by atoms with E-state index in [1.807, 2.05) is 91.0 Å². The summed E-state index contributed by atoms with van der Waals surface area (Å²) in [7, 11) is 1.48. The SMILES string of the molecule is COCOc1cc(O)c2c(c1)OC(c1cc(OCc3ccccc3)c(OCc3ccccc3)c(OCc3ccccc3)c1)C(O)C2O. The third-order valence-corrected chi connectivity index (χ3v) is 7.69. The number of methoxy groups -OCH3 is 1. The molecule has 3 unspecified atom stereocenters. The van der Waals surface area contributed by atoms with Crippen molar-refractivity contribution in [2.24, 2.45) is 0 Å². The second-order valence-corrected chi connectivity index (χ2v) is 11.0. The number of hydrogen-bond donors (Lipinski definition) is 3. The fraction of sp³-hybridized carbons (Fsp3) is 0.211. The quantitative estimate of drug-likeness (QED) is 0.122. The van der Waals surface area contributed by atoms with Gasteiger partial charge in [0.1, 0.15) is 49.3 Å². The predicted molar refractivity (Wildman–Crippen MR) is 174 cm³/mol. The van der Waals surface area contributed by atoms with Gasteiger partial charge >= 0.3 is 0 Å². The van der Waals surface area contributed by atoms with Crippen molar-refractivity contribution in [2.75, 3.05) is 13.9 Å². The van der Waals surface area contributed by atoms with Crippen molar-refractivity contribution in [3.63, 3.8) is 0 Å². The van der Waals surface area contributed by atoms with Crippen LogP contribution in [0.15, 0.2) is 115 Å². The minimum absolute atomic E-state index is 0.0541. The van der Waals surface area contributed by atoms with Crippen molar-refractivity contribution < 1.29 is 43.7 Å². The minimum atomic E-state index is -1.46. The lowest BCUT2D eigenvalue weighted by Gasteiger charge is -2.35. The molecule has 0 amide bonds. The zero-order valence-electron chi connectivity index (χ0n) is 25.8. The molecule has 242 valence electrons. The van der Waals surface area contributed by atoms with Gasteiger partial charge in [-0.05, 0) is 28.8 Å². The molecule has 9 nitrogen and oxygen atoms in total. The smallest absolute Gasteiger partial charge is 0.203 e. The summed E-state index contributed by atoms with van der Waals surface area (Å²) in [6.07, 6.45) is -3.98. The largest absolute Gasteiger partial charge is 0.507 e. The Morgan fingerprint density at radius 1 is 0.638 bits per heavy atom. The average Bonchev–Trinajstić information content (AvgIpc) is 3.10. The van der Waals surface area contributed by atoms with Crippen molar-refractivity contribution >= 4 is 0 Å². The molecule has 1 heterocycles. The van der Waals surface area contributed by atoms with Crippen molar-refractivity contribution in [1.29, 1.82) is 0 Å². The molecular formula is C38H36O9. The second-order valence-electron chi connectivity index (χ2n) is 11.0. The molecule has 9 heteroatoms. The molecule has 3 atom stereocenters. The average molecular weight is 637 g/mol. The van der Waals surface area contributed by atoms with Crippen LogP contribution in [0.2, 0.25) is 0 Å². The van der Waals surface area contributed by atoms with Crippen LogP contribution in [-0.2, 0) is 24.6 Å². The van der Waals surface area contributed by atoms with Gasteiger partial charge in [0, 0.05) is 24.8 Å². The van der Waals surface area contributed by atoms with Gasteiger partial charge in [-0.25, -0.2) is 0 Å². The maximum absolute atomic E-state index is 11.3.